The molecular weight excluding hydrogens is 309 g/mol. The van der Waals surface area contributed by atoms with Gasteiger partial charge in [0.15, 0.2) is 0 Å². The number of nitrogens with one attached hydrogen (secondary N) is 1. The van der Waals surface area contributed by atoms with E-state index in [-0.39, 0.29) is 6.54 Å². The summed E-state index contributed by atoms with van der Waals surface area (Å²) in [5.41, 5.74) is 1.20. The quantitative estimate of drug-likeness (QED) is 0.845. The molecule has 0 aromatic heterocycles. The SMILES string of the molecule is Cc1cc(Cl)ccc1NC(=O)CN(CCO)CC(F)(F)F. The zero-order chi connectivity index (χ0) is 16.0. The third kappa shape index (κ3) is 6.79. The smallest absolute Gasteiger partial charge is 0.395 e. The summed E-state index contributed by atoms with van der Waals surface area (Å²) in [6, 6.07) is 4.79. The molecule has 0 atom stereocenters. The number of carbonyl (C=O) groups excluding carboxylic acids is 1. The van der Waals surface area contributed by atoms with Crippen molar-refractivity contribution in [2.75, 3.05) is 31.6 Å². The third-order valence-electron chi connectivity index (χ3n) is 2.65. The van der Waals surface area contributed by atoms with Crippen molar-refractivity contribution in [3.63, 3.8) is 0 Å². The zero-order valence-corrected chi connectivity index (χ0v) is 12.1. The highest BCUT2D eigenvalue weighted by atomic mass is 35.5. The van der Waals surface area contributed by atoms with E-state index in [0.29, 0.717) is 16.3 Å². The maximum Gasteiger partial charge on any atom is 0.401 e. The number of carbonyl (C=O) groups is 1. The molecule has 0 aliphatic carbocycles. The van der Waals surface area contributed by atoms with Crippen LogP contribution in [0.3, 0.4) is 0 Å². The van der Waals surface area contributed by atoms with Gasteiger partial charge in [0, 0.05) is 17.3 Å². The van der Waals surface area contributed by atoms with Crippen LogP contribution in [0.4, 0.5) is 18.9 Å². The molecule has 0 fully saturated rings. The van der Waals surface area contributed by atoms with E-state index in [2.05, 4.69) is 5.32 Å². The molecule has 1 aromatic carbocycles. The van der Waals surface area contributed by atoms with Gasteiger partial charge in [-0.3, -0.25) is 9.69 Å². The Bertz CT molecular complexity index is 495. The number of rotatable bonds is 6. The molecule has 1 aromatic rings. The number of aliphatic hydroxyl groups is 1. The van der Waals surface area contributed by atoms with Crippen molar-refractivity contribution >= 4 is 23.2 Å². The Labute approximate surface area is 125 Å². The van der Waals surface area contributed by atoms with E-state index >= 15 is 0 Å². The van der Waals surface area contributed by atoms with Crippen LogP contribution in [0.15, 0.2) is 18.2 Å². The van der Waals surface area contributed by atoms with E-state index in [0.717, 1.165) is 4.90 Å². The lowest BCUT2D eigenvalue weighted by Crippen LogP contribution is -2.41. The Morgan fingerprint density at radius 3 is 2.62 bits per heavy atom. The first-order valence-electron chi connectivity index (χ1n) is 6.17. The summed E-state index contributed by atoms with van der Waals surface area (Å²) in [4.78, 5) is 12.6. The van der Waals surface area contributed by atoms with Crippen molar-refractivity contribution in [3.05, 3.63) is 28.8 Å². The molecule has 0 aliphatic heterocycles. The molecule has 0 saturated carbocycles. The number of nitrogens with zero attached hydrogens (tertiary/aromatic N) is 1. The van der Waals surface area contributed by atoms with Crippen LogP contribution in [0.1, 0.15) is 5.56 Å². The van der Waals surface area contributed by atoms with Crippen molar-refractivity contribution in [3.8, 4) is 0 Å². The molecule has 4 nitrogen and oxygen atoms in total. The van der Waals surface area contributed by atoms with Gasteiger partial charge in [0.2, 0.25) is 5.91 Å². The molecule has 0 aliphatic rings. The largest absolute Gasteiger partial charge is 0.401 e. The number of benzene rings is 1. The second kappa shape index (κ2) is 7.63. The highest BCUT2D eigenvalue weighted by Crippen LogP contribution is 2.20. The number of hydrogen-bond donors (Lipinski definition) is 2. The van der Waals surface area contributed by atoms with Crippen LogP contribution >= 0.6 is 11.6 Å². The van der Waals surface area contributed by atoms with Crippen molar-refractivity contribution in [2.45, 2.75) is 13.1 Å². The molecule has 0 heterocycles. The predicted octanol–water partition coefficient (Wildman–Crippen LogP) is 2.44. The topological polar surface area (TPSA) is 52.6 Å². The van der Waals surface area contributed by atoms with Crippen LogP contribution in [-0.4, -0.2) is 48.3 Å². The predicted molar refractivity (Wildman–Crippen MR) is 74.4 cm³/mol. The Balaban J connectivity index is 2.65. The molecule has 0 bridgehead atoms. The standard InChI is InChI=1S/C13H16ClF3N2O2/c1-9-6-10(14)2-3-11(9)18-12(21)7-19(4-5-20)8-13(15,16)17/h2-3,6,20H,4-5,7-8H2,1H3,(H,18,21). The van der Waals surface area contributed by atoms with Crippen LogP contribution in [-0.2, 0) is 4.79 Å². The molecule has 0 radical (unpaired) electrons. The lowest BCUT2D eigenvalue weighted by Gasteiger charge is -2.22. The zero-order valence-electron chi connectivity index (χ0n) is 11.4. The lowest BCUT2D eigenvalue weighted by molar-refractivity contribution is -0.148. The van der Waals surface area contributed by atoms with Gasteiger partial charge in [0.05, 0.1) is 19.7 Å². The molecule has 0 unspecified atom stereocenters. The third-order valence-corrected chi connectivity index (χ3v) is 2.88. The minimum Gasteiger partial charge on any atom is -0.395 e. The Morgan fingerprint density at radius 2 is 2.10 bits per heavy atom. The number of anilines is 1. The van der Waals surface area contributed by atoms with Gasteiger partial charge in [-0.25, -0.2) is 0 Å². The number of halogens is 4. The van der Waals surface area contributed by atoms with Crippen molar-refractivity contribution in [1.29, 1.82) is 0 Å². The van der Waals surface area contributed by atoms with Crippen molar-refractivity contribution in [1.82, 2.24) is 4.90 Å². The number of hydrogen-bond acceptors (Lipinski definition) is 3. The lowest BCUT2D eigenvalue weighted by atomic mass is 10.2. The summed E-state index contributed by atoms with van der Waals surface area (Å²) in [6.07, 6.45) is -4.42. The number of amides is 1. The second-order valence-corrected chi connectivity index (χ2v) is 4.99. The maximum absolute atomic E-state index is 12.3. The Hall–Kier alpha value is -1.31. The molecule has 1 amide bonds. The summed E-state index contributed by atoms with van der Waals surface area (Å²) in [7, 11) is 0. The van der Waals surface area contributed by atoms with Gasteiger partial charge in [0.1, 0.15) is 0 Å². The molecule has 8 heteroatoms. The van der Waals surface area contributed by atoms with Gasteiger partial charge in [-0.05, 0) is 30.7 Å². The fourth-order valence-electron chi connectivity index (χ4n) is 1.77. The molecule has 1 rings (SSSR count). The minimum absolute atomic E-state index is 0.230. The highest BCUT2D eigenvalue weighted by Gasteiger charge is 2.31. The van der Waals surface area contributed by atoms with Gasteiger partial charge >= 0.3 is 6.18 Å². The summed E-state index contributed by atoms with van der Waals surface area (Å²) >= 11 is 5.78. The Morgan fingerprint density at radius 1 is 1.43 bits per heavy atom. The Kier molecular flexibility index (Phi) is 6.44. The van der Waals surface area contributed by atoms with Crippen molar-refractivity contribution < 1.29 is 23.1 Å². The van der Waals surface area contributed by atoms with E-state index in [1.54, 1.807) is 25.1 Å². The summed E-state index contributed by atoms with van der Waals surface area (Å²) < 4.78 is 37.0. The number of aliphatic hydroxyl groups excluding tert-OH is 1. The van der Waals surface area contributed by atoms with Gasteiger partial charge in [-0.2, -0.15) is 13.2 Å². The summed E-state index contributed by atoms with van der Waals surface area (Å²) in [5.74, 6) is -0.585. The molecule has 0 spiro atoms. The monoisotopic (exact) mass is 324 g/mol. The van der Waals surface area contributed by atoms with Crippen molar-refractivity contribution in [2.24, 2.45) is 0 Å². The molecule has 118 valence electrons. The average molecular weight is 325 g/mol. The average Bonchev–Trinajstić information content (AvgIpc) is 2.31. The van der Waals surface area contributed by atoms with Crippen LogP contribution in [0.25, 0.3) is 0 Å². The first-order valence-corrected chi connectivity index (χ1v) is 6.55. The summed E-state index contributed by atoms with van der Waals surface area (Å²) in [6.45, 7) is -0.665. The molecule has 21 heavy (non-hydrogen) atoms. The van der Waals surface area contributed by atoms with Crippen LogP contribution in [0.5, 0.6) is 0 Å². The summed E-state index contributed by atoms with van der Waals surface area (Å²) in [5, 5.41) is 11.8. The molecular formula is C13H16ClF3N2O2. The number of alkyl halides is 3. The molecule has 0 saturated heterocycles. The van der Waals surface area contributed by atoms with E-state index in [1.807, 2.05) is 0 Å². The van der Waals surface area contributed by atoms with Crippen LogP contribution in [0, 0.1) is 6.92 Å². The van der Waals surface area contributed by atoms with E-state index in [9.17, 15) is 18.0 Å². The molecule has 2 N–H and O–H groups in total. The maximum atomic E-state index is 12.3. The van der Waals surface area contributed by atoms with E-state index < -0.39 is 31.8 Å². The second-order valence-electron chi connectivity index (χ2n) is 4.56. The van der Waals surface area contributed by atoms with Gasteiger partial charge < -0.3 is 10.4 Å². The minimum atomic E-state index is -4.42. The fraction of sp³-hybridized carbons (Fsp3) is 0.462. The van der Waals surface area contributed by atoms with Gasteiger partial charge in [-0.15, -0.1) is 0 Å². The number of aryl methyl sites for hydroxylation is 1. The highest BCUT2D eigenvalue weighted by molar-refractivity contribution is 6.30. The van der Waals surface area contributed by atoms with Crippen LogP contribution < -0.4 is 5.32 Å². The van der Waals surface area contributed by atoms with Gasteiger partial charge in [-0.1, -0.05) is 11.6 Å². The van der Waals surface area contributed by atoms with Crippen LogP contribution in [0.2, 0.25) is 5.02 Å². The van der Waals surface area contributed by atoms with E-state index in [1.165, 1.54) is 0 Å². The normalized spacial score (nSPS) is 11.8. The first-order chi connectivity index (χ1) is 9.71. The van der Waals surface area contributed by atoms with E-state index in [4.69, 9.17) is 16.7 Å². The first kappa shape index (κ1) is 17.7. The fourth-order valence-corrected chi connectivity index (χ4v) is 2.00. The van der Waals surface area contributed by atoms with Gasteiger partial charge in [0.25, 0.3) is 0 Å².